The highest BCUT2D eigenvalue weighted by Gasteiger charge is 2.23. The van der Waals surface area contributed by atoms with Crippen molar-refractivity contribution in [3.8, 4) is 0 Å². The van der Waals surface area contributed by atoms with E-state index in [1.807, 2.05) is 0 Å². The number of fused-ring (bicyclic) bond motifs is 1. The molecular formula is C16H20N4O3S3. The molecule has 0 saturated heterocycles. The summed E-state index contributed by atoms with van der Waals surface area (Å²) in [5, 5.41) is 8.15. The summed E-state index contributed by atoms with van der Waals surface area (Å²) in [7, 11) is -3.75. The van der Waals surface area contributed by atoms with E-state index in [-0.39, 0.29) is 15.9 Å². The summed E-state index contributed by atoms with van der Waals surface area (Å²) in [6.45, 7) is 4.25. The van der Waals surface area contributed by atoms with Gasteiger partial charge in [-0.05, 0) is 43.0 Å². The maximum Gasteiger partial charge on any atom is 0.263 e. The monoisotopic (exact) mass is 412 g/mol. The molecule has 2 aromatic rings. The van der Waals surface area contributed by atoms with Gasteiger partial charge >= 0.3 is 0 Å². The molecule has 1 aromatic carbocycles. The van der Waals surface area contributed by atoms with Gasteiger partial charge < -0.3 is 4.90 Å². The molecule has 10 heteroatoms. The van der Waals surface area contributed by atoms with Crippen molar-refractivity contribution >= 4 is 49.8 Å². The van der Waals surface area contributed by atoms with Crippen LogP contribution in [0, 0.1) is 0 Å². The largest absolute Gasteiger partial charge is 0.312 e. The summed E-state index contributed by atoms with van der Waals surface area (Å²) >= 11 is 2.78. The van der Waals surface area contributed by atoms with Gasteiger partial charge in [-0.15, -0.1) is 10.2 Å². The number of aromatic nitrogens is 2. The fraction of sp³-hybridized carbons (Fsp3) is 0.438. The number of anilines is 2. The minimum atomic E-state index is -3.75. The average Bonchev–Trinajstić information content (AvgIpc) is 3.05. The van der Waals surface area contributed by atoms with Gasteiger partial charge in [0.2, 0.25) is 11.0 Å². The molecule has 2 heterocycles. The SMILES string of the molecule is CCCSc1nnc(NS(=O)(=O)c2ccc3c(c2)CCCN3C(C)=O)s1. The number of carbonyl (C=O) groups excluding carboxylic acids is 1. The van der Waals surface area contributed by atoms with E-state index in [1.54, 1.807) is 28.8 Å². The van der Waals surface area contributed by atoms with E-state index >= 15 is 0 Å². The molecule has 0 fully saturated rings. The van der Waals surface area contributed by atoms with Gasteiger partial charge in [0.15, 0.2) is 4.34 Å². The Balaban J connectivity index is 1.81. The van der Waals surface area contributed by atoms with Crippen LogP contribution in [-0.4, -0.2) is 36.8 Å². The second-order valence-electron chi connectivity index (χ2n) is 5.89. The van der Waals surface area contributed by atoms with Gasteiger partial charge in [0.25, 0.3) is 10.0 Å². The molecule has 0 unspecified atom stereocenters. The van der Waals surface area contributed by atoms with Gasteiger partial charge in [-0.25, -0.2) is 8.42 Å². The standard InChI is InChI=1S/C16H20N4O3S3/c1-3-9-24-16-18-17-15(25-16)19-26(22,23)13-6-7-14-12(10-13)5-4-8-20(14)11(2)21/h6-7,10H,3-5,8-9H2,1-2H3,(H,17,19). The fourth-order valence-electron chi connectivity index (χ4n) is 2.74. The Morgan fingerprint density at radius 2 is 2.19 bits per heavy atom. The first-order valence-corrected chi connectivity index (χ1v) is 11.6. The normalized spacial score (nSPS) is 14.2. The van der Waals surface area contributed by atoms with Crippen molar-refractivity contribution in [1.82, 2.24) is 10.2 Å². The van der Waals surface area contributed by atoms with Gasteiger partial charge in [-0.1, -0.05) is 30.0 Å². The quantitative estimate of drug-likeness (QED) is 0.733. The maximum atomic E-state index is 12.7. The number of nitrogens with one attached hydrogen (secondary N) is 1. The Bertz CT molecular complexity index is 911. The maximum absolute atomic E-state index is 12.7. The molecule has 0 saturated carbocycles. The highest BCUT2D eigenvalue weighted by molar-refractivity contribution is 8.01. The molecule has 140 valence electrons. The molecule has 0 radical (unpaired) electrons. The number of hydrogen-bond donors (Lipinski definition) is 1. The van der Waals surface area contributed by atoms with E-state index in [0.717, 1.165) is 40.6 Å². The second kappa shape index (κ2) is 7.93. The summed E-state index contributed by atoms with van der Waals surface area (Å²) < 4.78 is 28.6. The number of nitrogens with zero attached hydrogens (tertiary/aromatic N) is 3. The molecular weight excluding hydrogens is 392 g/mol. The van der Waals surface area contributed by atoms with Crippen LogP contribution in [0.5, 0.6) is 0 Å². The Kier molecular flexibility index (Phi) is 5.83. The van der Waals surface area contributed by atoms with E-state index in [4.69, 9.17) is 0 Å². The first-order chi connectivity index (χ1) is 12.4. The van der Waals surface area contributed by atoms with Gasteiger partial charge in [-0.3, -0.25) is 9.52 Å². The molecule has 1 amide bonds. The van der Waals surface area contributed by atoms with Crippen molar-refractivity contribution in [2.45, 2.75) is 42.3 Å². The minimum Gasteiger partial charge on any atom is -0.312 e. The number of hydrogen-bond acceptors (Lipinski definition) is 7. The number of amides is 1. The van der Waals surface area contributed by atoms with Crippen LogP contribution in [0.3, 0.4) is 0 Å². The van der Waals surface area contributed by atoms with E-state index in [2.05, 4.69) is 21.8 Å². The highest BCUT2D eigenvalue weighted by atomic mass is 32.2. The van der Waals surface area contributed by atoms with Crippen LogP contribution in [0.2, 0.25) is 0 Å². The zero-order chi connectivity index (χ0) is 18.7. The van der Waals surface area contributed by atoms with E-state index in [1.165, 1.54) is 24.3 Å². The lowest BCUT2D eigenvalue weighted by atomic mass is 10.0. The number of benzene rings is 1. The van der Waals surface area contributed by atoms with Crippen molar-refractivity contribution in [1.29, 1.82) is 0 Å². The fourth-order valence-corrected chi connectivity index (χ4v) is 5.70. The van der Waals surface area contributed by atoms with Crippen LogP contribution in [0.25, 0.3) is 0 Å². The Morgan fingerprint density at radius 1 is 1.38 bits per heavy atom. The minimum absolute atomic E-state index is 0.0364. The number of rotatable bonds is 6. The molecule has 0 bridgehead atoms. The highest BCUT2D eigenvalue weighted by Crippen LogP contribution is 2.31. The van der Waals surface area contributed by atoms with Gasteiger partial charge in [0.05, 0.1) is 4.90 Å². The van der Waals surface area contributed by atoms with E-state index in [9.17, 15) is 13.2 Å². The van der Waals surface area contributed by atoms with Crippen LogP contribution >= 0.6 is 23.1 Å². The third-order valence-electron chi connectivity index (χ3n) is 3.92. The predicted molar refractivity (Wildman–Crippen MR) is 105 cm³/mol. The lowest BCUT2D eigenvalue weighted by Gasteiger charge is -2.28. The summed E-state index contributed by atoms with van der Waals surface area (Å²) in [6, 6.07) is 4.86. The first-order valence-electron chi connectivity index (χ1n) is 8.31. The van der Waals surface area contributed by atoms with Crippen molar-refractivity contribution < 1.29 is 13.2 Å². The second-order valence-corrected chi connectivity index (χ2v) is 9.89. The Labute approximate surface area is 161 Å². The van der Waals surface area contributed by atoms with Crippen LogP contribution in [0.4, 0.5) is 10.8 Å². The molecule has 3 rings (SSSR count). The van der Waals surface area contributed by atoms with Gasteiger partial charge in [0.1, 0.15) is 0 Å². The predicted octanol–water partition coefficient (Wildman–Crippen LogP) is 3.14. The molecule has 0 spiro atoms. The number of aryl methyl sites for hydroxylation is 1. The summed E-state index contributed by atoms with van der Waals surface area (Å²) in [5.41, 5.74) is 1.66. The van der Waals surface area contributed by atoms with Crippen LogP contribution < -0.4 is 9.62 Å². The third kappa shape index (κ3) is 4.18. The molecule has 0 aliphatic carbocycles. The van der Waals surface area contributed by atoms with E-state index in [0.29, 0.717) is 6.54 Å². The van der Waals surface area contributed by atoms with Gasteiger partial charge in [-0.2, -0.15) is 0 Å². The molecule has 1 N–H and O–H groups in total. The lowest BCUT2D eigenvalue weighted by molar-refractivity contribution is -0.116. The first kappa shape index (κ1) is 19.1. The smallest absolute Gasteiger partial charge is 0.263 e. The number of sulfonamides is 1. The molecule has 0 atom stereocenters. The summed E-state index contributed by atoms with van der Waals surface area (Å²) in [4.78, 5) is 13.6. The zero-order valence-electron chi connectivity index (χ0n) is 14.6. The van der Waals surface area contributed by atoms with Crippen LogP contribution in [-0.2, 0) is 21.2 Å². The molecule has 7 nitrogen and oxygen atoms in total. The lowest BCUT2D eigenvalue weighted by Crippen LogP contribution is -2.33. The zero-order valence-corrected chi connectivity index (χ0v) is 17.0. The van der Waals surface area contributed by atoms with Crippen LogP contribution in [0.15, 0.2) is 27.4 Å². The summed E-state index contributed by atoms with van der Waals surface area (Å²) in [5.74, 6) is 0.879. The third-order valence-corrected chi connectivity index (χ3v) is 7.56. The molecule has 1 aliphatic heterocycles. The van der Waals surface area contributed by atoms with Crippen molar-refractivity contribution in [2.75, 3.05) is 21.9 Å². The van der Waals surface area contributed by atoms with Crippen LogP contribution in [0.1, 0.15) is 32.3 Å². The number of thioether (sulfide) groups is 1. The van der Waals surface area contributed by atoms with Crippen molar-refractivity contribution in [2.24, 2.45) is 0 Å². The molecule has 26 heavy (non-hydrogen) atoms. The molecule has 1 aromatic heterocycles. The van der Waals surface area contributed by atoms with E-state index < -0.39 is 10.0 Å². The van der Waals surface area contributed by atoms with Crippen molar-refractivity contribution in [3.05, 3.63) is 23.8 Å². The average molecular weight is 413 g/mol. The topological polar surface area (TPSA) is 92.3 Å². The summed E-state index contributed by atoms with van der Waals surface area (Å²) in [6.07, 6.45) is 2.58. The van der Waals surface area contributed by atoms with Gasteiger partial charge in [0, 0.05) is 24.9 Å². The number of carbonyl (C=O) groups is 1. The molecule has 1 aliphatic rings. The van der Waals surface area contributed by atoms with Crippen molar-refractivity contribution in [3.63, 3.8) is 0 Å². The Hall–Kier alpha value is -1.65. The Morgan fingerprint density at radius 3 is 2.92 bits per heavy atom.